The number of rotatable bonds is 5. The normalized spacial score (nSPS) is 10.9. The van der Waals surface area contributed by atoms with Crippen molar-refractivity contribution in [3.63, 3.8) is 0 Å². The van der Waals surface area contributed by atoms with E-state index in [1.165, 1.54) is 24.3 Å². The van der Waals surface area contributed by atoms with Crippen LogP contribution in [0.25, 0.3) is 0 Å². The van der Waals surface area contributed by atoms with Gasteiger partial charge in [-0.15, -0.1) is 0 Å². The van der Waals surface area contributed by atoms with Gasteiger partial charge in [-0.3, -0.25) is 10.3 Å². The second-order valence-corrected chi connectivity index (χ2v) is 4.83. The zero-order valence-electron chi connectivity index (χ0n) is 10.7. The molecule has 21 heavy (non-hydrogen) atoms. The Kier molecular flexibility index (Phi) is 7.32. The number of allylic oxidation sites excluding steroid dienone is 1. The van der Waals surface area contributed by atoms with Crippen molar-refractivity contribution >= 4 is 16.9 Å². The third-order valence-electron chi connectivity index (χ3n) is 2.25. The van der Waals surface area contributed by atoms with E-state index in [-0.39, 0.29) is 23.3 Å². The molecule has 3 nitrogen and oxygen atoms in total. The molecular formula is C13H11F4N3S. The van der Waals surface area contributed by atoms with Crippen LogP contribution in [0.1, 0.15) is 12.0 Å². The van der Waals surface area contributed by atoms with Crippen LogP contribution in [0, 0.1) is 17.3 Å². The average molecular weight is 317 g/mol. The molecule has 0 radical (unpaired) electrons. The number of nitrogens with zero attached hydrogens (tertiary/aromatic N) is 2. The fourth-order valence-electron chi connectivity index (χ4n) is 1.25. The number of hydrogen-bond donors (Lipinski definition) is 1. The maximum Gasteiger partial charge on any atom is 0.301 e. The van der Waals surface area contributed by atoms with Crippen LogP contribution in [0.2, 0.25) is 0 Å². The highest BCUT2D eigenvalue weighted by Crippen LogP contribution is 2.17. The average Bonchev–Trinajstić information content (AvgIpc) is 2.46. The largest absolute Gasteiger partial charge is 0.301 e. The fourth-order valence-corrected chi connectivity index (χ4v) is 2.00. The Bertz CT molecular complexity index is 560. The van der Waals surface area contributed by atoms with E-state index in [2.05, 4.69) is 10.3 Å². The van der Waals surface area contributed by atoms with Crippen molar-refractivity contribution in [3.05, 3.63) is 47.6 Å². The summed E-state index contributed by atoms with van der Waals surface area (Å²) in [5, 5.41) is 11.0. The number of aliphatic imine (C=N–C) groups is 1. The summed E-state index contributed by atoms with van der Waals surface area (Å²) in [6.07, 6.45) is -1.13. The molecular weight excluding hydrogens is 306 g/mol. The minimum Gasteiger partial charge on any atom is -0.272 e. The second-order valence-electron chi connectivity index (χ2n) is 3.75. The summed E-state index contributed by atoms with van der Waals surface area (Å²) in [6, 6.07) is 5.63. The summed E-state index contributed by atoms with van der Waals surface area (Å²) in [5.41, 5.74) is 0.718. The van der Waals surface area contributed by atoms with E-state index in [0.717, 1.165) is 17.3 Å². The molecule has 0 saturated carbocycles. The predicted octanol–water partition coefficient (Wildman–Crippen LogP) is 3.95. The Morgan fingerprint density at radius 3 is 2.48 bits per heavy atom. The standard InChI is InChI=1S/C13H11F4N3S/c14-10-3-1-9(2-4-10)7-19-13(20-8-18)21-6-5-11(15)12(16)17/h1-4H,5-7H2,(H,19,20). The highest BCUT2D eigenvalue weighted by Gasteiger charge is 2.06. The van der Waals surface area contributed by atoms with Gasteiger partial charge in [0.15, 0.2) is 17.2 Å². The minimum absolute atomic E-state index is 0.0140. The smallest absolute Gasteiger partial charge is 0.272 e. The molecule has 0 saturated heterocycles. The van der Waals surface area contributed by atoms with E-state index in [1.54, 1.807) is 6.19 Å². The lowest BCUT2D eigenvalue weighted by Gasteiger charge is -2.03. The molecule has 0 unspecified atom stereocenters. The highest BCUT2D eigenvalue weighted by molar-refractivity contribution is 8.13. The summed E-state index contributed by atoms with van der Waals surface area (Å²) < 4.78 is 49.1. The molecule has 1 aromatic carbocycles. The number of nitriles is 1. The van der Waals surface area contributed by atoms with E-state index < -0.39 is 18.3 Å². The zero-order valence-corrected chi connectivity index (χ0v) is 11.6. The lowest BCUT2D eigenvalue weighted by Crippen LogP contribution is -2.14. The van der Waals surface area contributed by atoms with E-state index in [1.807, 2.05) is 0 Å². The SMILES string of the molecule is N#CNC(=NCc1ccc(F)cc1)SCCC(F)=C(F)F. The Morgan fingerprint density at radius 1 is 1.24 bits per heavy atom. The Morgan fingerprint density at radius 2 is 1.90 bits per heavy atom. The van der Waals surface area contributed by atoms with Crippen LogP contribution in [0.5, 0.6) is 0 Å². The molecule has 0 atom stereocenters. The molecule has 1 N–H and O–H groups in total. The molecule has 8 heteroatoms. The Balaban J connectivity index is 2.56. The van der Waals surface area contributed by atoms with E-state index in [9.17, 15) is 17.6 Å². The molecule has 1 rings (SSSR count). The molecule has 0 aliphatic heterocycles. The topological polar surface area (TPSA) is 48.2 Å². The first-order valence-corrected chi connectivity index (χ1v) is 6.78. The van der Waals surface area contributed by atoms with Crippen molar-refractivity contribution in [2.24, 2.45) is 4.99 Å². The van der Waals surface area contributed by atoms with Gasteiger partial charge in [0.2, 0.25) is 0 Å². The Labute approximate surface area is 123 Å². The quantitative estimate of drug-likeness (QED) is 0.294. The lowest BCUT2D eigenvalue weighted by atomic mass is 10.2. The summed E-state index contributed by atoms with van der Waals surface area (Å²) in [5.74, 6) is -1.83. The van der Waals surface area contributed by atoms with Gasteiger partial charge in [-0.2, -0.15) is 14.0 Å². The molecule has 0 amide bonds. The van der Waals surface area contributed by atoms with Crippen molar-refractivity contribution in [1.82, 2.24) is 5.32 Å². The fraction of sp³-hybridized carbons (Fsp3) is 0.231. The van der Waals surface area contributed by atoms with Crippen LogP contribution >= 0.6 is 11.8 Å². The Hall–Kier alpha value is -2.01. The first-order valence-electron chi connectivity index (χ1n) is 5.79. The lowest BCUT2D eigenvalue weighted by molar-refractivity contribution is 0.373. The minimum atomic E-state index is -2.34. The van der Waals surface area contributed by atoms with Gasteiger partial charge in [0.1, 0.15) is 5.82 Å². The third kappa shape index (κ3) is 6.81. The summed E-state index contributed by atoms with van der Waals surface area (Å²) in [6.45, 7) is 0.188. The first-order chi connectivity index (χ1) is 10.0. The van der Waals surface area contributed by atoms with Crippen molar-refractivity contribution in [2.75, 3.05) is 5.75 Å². The number of amidine groups is 1. The summed E-state index contributed by atoms with van der Waals surface area (Å²) >= 11 is 0.949. The van der Waals surface area contributed by atoms with Gasteiger partial charge >= 0.3 is 6.08 Å². The van der Waals surface area contributed by atoms with E-state index in [0.29, 0.717) is 0 Å². The molecule has 0 spiro atoms. The van der Waals surface area contributed by atoms with Gasteiger partial charge in [-0.25, -0.2) is 8.78 Å². The highest BCUT2D eigenvalue weighted by atomic mass is 32.2. The molecule has 0 aliphatic carbocycles. The van der Waals surface area contributed by atoms with Crippen molar-refractivity contribution in [1.29, 1.82) is 5.26 Å². The van der Waals surface area contributed by atoms with Crippen molar-refractivity contribution < 1.29 is 17.6 Å². The summed E-state index contributed by atoms with van der Waals surface area (Å²) in [7, 11) is 0. The molecule has 0 fully saturated rings. The van der Waals surface area contributed by atoms with Crippen molar-refractivity contribution in [2.45, 2.75) is 13.0 Å². The number of hydrogen-bond acceptors (Lipinski definition) is 3. The molecule has 1 aromatic rings. The monoisotopic (exact) mass is 317 g/mol. The third-order valence-corrected chi connectivity index (χ3v) is 3.16. The van der Waals surface area contributed by atoms with Crippen LogP contribution in [0.15, 0.2) is 41.2 Å². The second kappa shape index (κ2) is 9.02. The maximum atomic E-state index is 12.7. The van der Waals surface area contributed by atoms with Crippen LogP contribution in [-0.4, -0.2) is 10.9 Å². The van der Waals surface area contributed by atoms with Crippen LogP contribution in [0.4, 0.5) is 17.6 Å². The van der Waals surface area contributed by atoms with E-state index in [4.69, 9.17) is 5.26 Å². The van der Waals surface area contributed by atoms with Crippen molar-refractivity contribution in [3.8, 4) is 6.19 Å². The van der Waals surface area contributed by atoms with Crippen LogP contribution in [0.3, 0.4) is 0 Å². The van der Waals surface area contributed by atoms with Gasteiger partial charge in [-0.05, 0) is 17.7 Å². The van der Waals surface area contributed by atoms with Gasteiger partial charge in [0.05, 0.1) is 6.54 Å². The molecule has 0 heterocycles. The molecule has 112 valence electrons. The number of halogens is 4. The van der Waals surface area contributed by atoms with Gasteiger partial charge in [-0.1, -0.05) is 23.9 Å². The number of benzene rings is 1. The van der Waals surface area contributed by atoms with Crippen LogP contribution in [-0.2, 0) is 6.54 Å². The molecule has 0 aromatic heterocycles. The predicted molar refractivity (Wildman–Crippen MR) is 73.7 cm³/mol. The molecule has 0 bridgehead atoms. The van der Waals surface area contributed by atoms with Gasteiger partial charge < -0.3 is 0 Å². The summed E-state index contributed by atoms with van der Waals surface area (Å²) in [4.78, 5) is 4.05. The van der Waals surface area contributed by atoms with Gasteiger partial charge in [0.25, 0.3) is 0 Å². The molecule has 0 aliphatic rings. The zero-order chi connectivity index (χ0) is 15.7. The first kappa shape index (κ1) is 17.0. The van der Waals surface area contributed by atoms with Gasteiger partial charge in [0, 0.05) is 12.2 Å². The number of thioether (sulfide) groups is 1. The van der Waals surface area contributed by atoms with E-state index >= 15 is 0 Å². The number of nitrogens with one attached hydrogen (secondary N) is 1. The van der Waals surface area contributed by atoms with Crippen LogP contribution < -0.4 is 5.32 Å². The maximum absolute atomic E-state index is 12.7.